The molecule has 2 rings (SSSR count). The molecule has 2 aromatic heterocycles. The van der Waals surface area contributed by atoms with Crippen molar-refractivity contribution < 1.29 is 0 Å². The van der Waals surface area contributed by atoms with Crippen LogP contribution in [0, 0.1) is 0 Å². The Labute approximate surface area is 106 Å². The van der Waals surface area contributed by atoms with Gasteiger partial charge < -0.3 is 5.32 Å². The van der Waals surface area contributed by atoms with Crippen LogP contribution in [-0.2, 0) is 13.5 Å². The van der Waals surface area contributed by atoms with Crippen molar-refractivity contribution >= 4 is 11.3 Å². The molecule has 1 N–H and O–H groups in total. The number of hydrogen-bond donors (Lipinski definition) is 1. The summed E-state index contributed by atoms with van der Waals surface area (Å²) >= 11 is 1.76. The molecular formula is C13H19N3S. The van der Waals surface area contributed by atoms with Gasteiger partial charge in [0, 0.05) is 19.3 Å². The average Bonchev–Trinajstić information content (AvgIpc) is 2.95. The molecule has 4 heteroatoms. The lowest BCUT2D eigenvalue weighted by Crippen LogP contribution is -2.23. The minimum atomic E-state index is 0.408. The van der Waals surface area contributed by atoms with E-state index in [1.807, 2.05) is 17.9 Å². The second-order valence-electron chi connectivity index (χ2n) is 4.29. The van der Waals surface area contributed by atoms with Crippen LogP contribution in [0.3, 0.4) is 0 Å². The Bertz CT molecular complexity index is 433. The largest absolute Gasteiger partial charge is 0.310 e. The highest BCUT2D eigenvalue weighted by Gasteiger charge is 2.12. The van der Waals surface area contributed by atoms with Gasteiger partial charge in [0.1, 0.15) is 0 Å². The lowest BCUT2D eigenvalue weighted by Gasteiger charge is -2.16. The lowest BCUT2D eigenvalue weighted by atomic mass is 10.0. The standard InChI is InChI=1S/C13H19N3S/c1-3-5-14-13(12-4-6-17-10-12)7-11-8-15-16(2)9-11/h4,6,8-10,13-14H,3,5,7H2,1-2H3. The van der Waals surface area contributed by atoms with E-state index in [2.05, 4.69) is 40.4 Å². The van der Waals surface area contributed by atoms with Gasteiger partial charge in [-0.05, 0) is 47.3 Å². The normalized spacial score (nSPS) is 12.8. The molecule has 0 amide bonds. The van der Waals surface area contributed by atoms with Gasteiger partial charge in [-0.3, -0.25) is 4.68 Å². The molecule has 0 saturated carbocycles. The van der Waals surface area contributed by atoms with Crippen LogP contribution in [0.4, 0.5) is 0 Å². The van der Waals surface area contributed by atoms with Crippen LogP contribution in [0.15, 0.2) is 29.2 Å². The van der Waals surface area contributed by atoms with E-state index in [0.717, 1.165) is 19.4 Å². The number of thiophene rings is 1. The Morgan fingerprint density at radius 3 is 3.00 bits per heavy atom. The van der Waals surface area contributed by atoms with Gasteiger partial charge in [-0.15, -0.1) is 0 Å². The Hall–Kier alpha value is -1.13. The molecule has 0 aliphatic carbocycles. The molecule has 0 saturated heterocycles. The highest BCUT2D eigenvalue weighted by molar-refractivity contribution is 7.07. The smallest absolute Gasteiger partial charge is 0.0522 e. The van der Waals surface area contributed by atoms with Crippen molar-refractivity contribution in [1.82, 2.24) is 15.1 Å². The molecule has 0 spiro atoms. The maximum Gasteiger partial charge on any atom is 0.0522 e. The van der Waals surface area contributed by atoms with Crippen molar-refractivity contribution in [3.63, 3.8) is 0 Å². The van der Waals surface area contributed by atoms with Gasteiger partial charge in [0.2, 0.25) is 0 Å². The van der Waals surface area contributed by atoms with Crippen molar-refractivity contribution in [3.8, 4) is 0 Å². The summed E-state index contributed by atoms with van der Waals surface area (Å²) in [5.74, 6) is 0. The molecule has 1 unspecified atom stereocenters. The second kappa shape index (κ2) is 5.98. The van der Waals surface area contributed by atoms with Crippen molar-refractivity contribution in [2.75, 3.05) is 6.54 Å². The van der Waals surface area contributed by atoms with Gasteiger partial charge in [-0.1, -0.05) is 6.92 Å². The fraction of sp³-hybridized carbons (Fsp3) is 0.462. The fourth-order valence-corrected chi connectivity index (χ4v) is 2.63. The van der Waals surface area contributed by atoms with Crippen LogP contribution in [0.1, 0.15) is 30.5 Å². The summed E-state index contributed by atoms with van der Waals surface area (Å²) in [6.07, 6.45) is 6.21. The van der Waals surface area contributed by atoms with E-state index in [4.69, 9.17) is 0 Å². The highest BCUT2D eigenvalue weighted by Crippen LogP contribution is 2.20. The summed E-state index contributed by atoms with van der Waals surface area (Å²) in [6.45, 7) is 3.25. The number of nitrogens with zero attached hydrogens (tertiary/aromatic N) is 2. The third kappa shape index (κ3) is 3.41. The van der Waals surface area contributed by atoms with Crippen molar-refractivity contribution in [3.05, 3.63) is 40.3 Å². The second-order valence-corrected chi connectivity index (χ2v) is 5.07. The highest BCUT2D eigenvalue weighted by atomic mass is 32.1. The molecule has 1 atom stereocenters. The monoisotopic (exact) mass is 249 g/mol. The molecule has 0 aliphatic heterocycles. The van der Waals surface area contributed by atoms with Crippen LogP contribution < -0.4 is 5.32 Å². The zero-order valence-electron chi connectivity index (χ0n) is 10.4. The van der Waals surface area contributed by atoms with E-state index < -0.39 is 0 Å². The van der Waals surface area contributed by atoms with Gasteiger partial charge in [-0.25, -0.2) is 0 Å². The van der Waals surface area contributed by atoms with E-state index in [0.29, 0.717) is 6.04 Å². The summed E-state index contributed by atoms with van der Waals surface area (Å²) in [5.41, 5.74) is 2.67. The number of nitrogens with one attached hydrogen (secondary N) is 1. The Morgan fingerprint density at radius 2 is 2.41 bits per heavy atom. The molecule has 0 aliphatic rings. The number of rotatable bonds is 6. The van der Waals surface area contributed by atoms with Gasteiger partial charge in [-0.2, -0.15) is 16.4 Å². The predicted molar refractivity (Wildman–Crippen MR) is 72.3 cm³/mol. The summed E-state index contributed by atoms with van der Waals surface area (Å²) in [4.78, 5) is 0. The third-order valence-electron chi connectivity index (χ3n) is 2.78. The first kappa shape index (κ1) is 12.3. The van der Waals surface area contributed by atoms with E-state index in [1.54, 1.807) is 11.3 Å². The number of aromatic nitrogens is 2. The zero-order chi connectivity index (χ0) is 12.1. The third-order valence-corrected chi connectivity index (χ3v) is 3.49. The molecule has 0 radical (unpaired) electrons. The molecule has 2 heterocycles. The first-order valence-electron chi connectivity index (χ1n) is 6.02. The number of hydrogen-bond acceptors (Lipinski definition) is 3. The minimum absolute atomic E-state index is 0.408. The molecule has 2 aromatic rings. The Balaban J connectivity index is 2.05. The topological polar surface area (TPSA) is 29.9 Å². The molecule has 0 aromatic carbocycles. The molecule has 17 heavy (non-hydrogen) atoms. The van der Waals surface area contributed by atoms with Crippen LogP contribution in [0.25, 0.3) is 0 Å². The molecular weight excluding hydrogens is 230 g/mol. The van der Waals surface area contributed by atoms with Crippen molar-refractivity contribution in [2.24, 2.45) is 7.05 Å². The van der Waals surface area contributed by atoms with E-state index in [1.165, 1.54) is 11.1 Å². The van der Waals surface area contributed by atoms with Crippen molar-refractivity contribution in [1.29, 1.82) is 0 Å². The average molecular weight is 249 g/mol. The number of aryl methyl sites for hydroxylation is 1. The maximum atomic E-state index is 4.22. The first-order valence-corrected chi connectivity index (χ1v) is 6.97. The van der Waals surface area contributed by atoms with Crippen LogP contribution in [0.2, 0.25) is 0 Å². The van der Waals surface area contributed by atoms with Gasteiger partial charge in [0.25, 0.3) is 0 Å². The van der Waals surface area contributed by atoms with Gasteiger partial charge in [0.05, 0.1) is 6.20 Å². The van der Waals surface area contributed by atoms with Crippen LogP contribution in [-0.4, -0.2) is 16.3 Å². The lowest BCUT2D eigenvalue weighted by molar-refractivity contribution is 0.530. The maximum absolute atomic E-state index is 4.22. The van der Waals surface area contributed by atoms with Gasteiger partial charge >= 0.3 is 0 Å². The fourth-order valence-electron chi connectivity index (χ4n) is 1.91. The zero-order valence-corrected chi connectivity index (χ0v) is 11.2. The molecule has 92 valence electrons. The Morgan fingerprint density at radius 1 is 1.53 bits per heavy atom. The molecule has 0 bridgehead atoms. The summed E-state index contributed by atoms with van der Waals surface area (Å²) in [6, 6.07) is 2.61. The van der Waals surface area contributed by atoms with Crippen LogP contribution in [0.5, 0.6) is 0 Å². The van der Waals surface area contributed by atoms with E-state index in [-0.39, 0.29) is 0 Å². The van der Waals surface area contributed by atoms with Gasteiger partial charge in [0.15, 0.2) is 0 Å². The van der Waals surface area contributed by atoms with E-state index in [9.17, 15) is 0 Å². The summed E-state index contributed by atoms with van der Waals surface area (Å²) in [7, 11) is 1.96. The summed E-state index contributed by atoms with van der Waals surface area (Å²) < 4.78 is 1.86. The minimum Gasteiger partial charge on any atom is -0.310 e. The Kier molecular flexibility index (Phi) is 4.34. The van der Waals surface area contributed by atoms with E-state index >= 15 is 0 Å². The quantitative estimate of drug-likeness (QED) is 0.853. The molecule has 3 nitrogen and oxygen atoms in total. The van der Waals surface area contributed by atoms with Crippen LogP contribution >= 0.6 is 11.3 Å². The molecule has 0 fully saturated rings. The SMILES string of the molecule is CCCNC(Cc1cnn(C)c1)c1ccsc1. The summed E-state index contributed by atoms with van der Waals surface area (Å²) in [5, 5.41) is 12.2. The first-order chi connectivity index (χ1) is 8.29. The predicted octanol–water partition coefficient (Wildman–Crippen LogP) is 2.77. The van der Waals surface area contributed by atoms with Crippen molar-refractivity contribution in [2.45, 2.75) is 25.8 Å².